The molecule has 11 amide bonds. The first-order valence-electron chi connectivity index (χ1n) is 31.9. The highest BCUT2D eigenvalue weighted by Gasteiger charge is 2.49. The van der Waals surface area contributed by atoms with Crippen LogP contribution in [0.1, 0.15) is 132 Å². The van der Waals surface area contributed by atoms with E-state index < -0.39 is 187 Å². The van der Waals surface area contributed by atoms with Crippen LogP contribution in [-0.2, 0) is 67.0 Å². The third kappa shape index (κ3) is 27.6. The van der Waals surface area contributed by atoms with Gasteiger partial charge < -0.3 is 122 Å². The largest absolute Gasteiger partial charge is 0.479 e. The zero-order chi connectivity index (χ0) is 70.4. The number of carboxylic acids is 1. The number of aliphatic hydroxyl groups excluding tert-OH is 4. The Labute approximate surface area is 541 Å². The van der Waals surface area contributed by atoms with Crippen LogP contribution in [0.3, 0.4) is 0 Å². The van der Waals surface area contributed by atoms with Crippen molar-refractivity contribution in [1.82, 2.24) is 58.5 Å². The van der Waals surface area contributed by atoms with Crippen molar-refractivity contribution >= 4 is 70.9 Å². The minimum Gasteiger partial charge on any atom is -0.479 e. The number of carbonyl (C=O) groups excluding carboxylic acids is 11. The molecule has 0 radical (unpaired) electrons. The molecule has 532 valence electrons. The number of hydrogen-bond donors (Lipinski definition) is 21. The summed E-state index contributed by atoms with van der Waals surface area (Å²) in [5.74, 6) is -12.5. The van der Waals surface area contributed by atoms with Gasteiger partial charge in [0.2, 0.25) is 65.0 Å². The Kier molecular flexibility index (Phi) is 37.0. The van der Waals surface area contributed by atoms with Crippen LogP contribution >= 0.6 is 0 Å². The predicted octanol–water partition coefficient (Wildman–Crippen LogP) is -7.91. The van der Waals surface area contributed by atoms with Crippen LogP contribution in [-0.4, -0.2) is 239 Å². The van der Waals surface area contributed by atoms with Crippen molar-refractivity contribution in [3.8, 4) is 0 Å². The Balaban J connectivity index is 2.83. The molecule has 35 nitrogen and oxygen atoms in total. The average Bonchev–Trinajstić information content (AvgIpc) is 0.844. The van der Waals surface area contributed by atoms with E-state index in [1.165, 1.54) is 6.92 Å². The van der Waals surface area contributed by atoms with Crippen molar-refractivity contribution in [2.75, 3.05) is 39.3 Å². The van der Waals surface area contributed by atoms with Crippen molar-refractivity contribution < 1.29 is 92.5 Å². The molecular formula is C58H106N16O19. The lowest BCUT2D eigenvalue weighted by Crippen LogP contribution is -2.63. The summed E-state index contributed by atoms with van der Waals surface area (Å²) in [6.07, 6.45) is -13.6. The number of rotatable bonds is 31. The molecule has 2 heterocycles. The second kappa shape index (κ2) is 41.8. The summed E-state index contributed by atoms with van der Waals surface area (Å²) in [4.78, 5) is 168. The van der Waals surface area contributed by atoms with Crippen LogP contribution in [0.15, 0.2) is 0 Å². The summed E-state index contributed by atoms with van der Waals surface area (Å²) in [6.45, 7) is 11.7. The molecule has 0 aromatic rings. The fourth-order valence-corrected chi connectivity index (χ4v) is 10.0. The number of aliphatic carboxylic acids is 1. The Bertz CT molecular complexity index is 2470. The van der Waals surface area contributed by atoms with Gasteiger partial charge in [-0.1, -0.05) is 54.4 Å². The first-order valence-corrected chi connectivity index (χ1v) is 31.9. The van der Waals surface area contributed by atoms with Gasteiger partial charge in [-0.2, -0.15) is 0 Å². The molecule has 0 spiro atoms. The van der Waals surface area contributed by atoms with Crippen LogP contribution in [0.5, 0.6) is 0 Å². The second-order valence-corrected chi connectivity index (χ2v) is 24.5. The van der Waals surface area contributed by atoms with Crippen LogP contribution in [0.25, 0.3) is 0 Å². The summed E-state index contributed by atoms with van der Waals surface area (Å²) in [7, 11) is 0. The first-order chi connectivity index (χ1) is 43.8. The van der Waals surface area contributed by atoms with Crippen LogP contribution in [0, 0.1) is 17.8 Å². The molecule has 18 atom stereocenters. The first kappa shape index (κ1) is 82.3. The normalized spacial score (nSPS) is 27.0. The number of aliphatic hydroxyl groups is 4. The van der Waals surface area contributed by atoms with Crippen molar-refractivity contribution in [3.63, 3.8) is 0 Å². The molecule has 2 aliphatic rings. The minimum absolute atomic E-state index is 0.000167. The molecule has 0 saturated carbocycles. The Morgan fingerprint density at radius 1 is 0.570 bits per heavy atom. The Hall–Kier alpha value is -6.80. The number of carbonyl (C=O) groups is 12. The maximum absolute atomic E-state index is 14.7. The number of hydrogen-bond acceptors (Lipinski definition) is 23. The summed E-state index contributed by atoms with van der Waals surface area (Å²) in [5.41, 5.74) is 29.4. The number of nitrogens with two attached hydrogens (primary N) is 5. The van der Waals surface area contributed by atoms with Crippen molar-refractivity contribution in [1.29, 1.82) is 0 Å². The summed E-state index contributed by atoms with van der Waals surface area (Å²) >= 11 is 0. The highest BCUT2D eigenvalue weighted by molar-refractivity contribution is 5.99. The van der Waals surface area contributed by atoms with Crippen molar-refractivity contribution in [3.05, 3.63) is 0 Å². The molecule has 2 aliphatic heterocycles. The van der Waals surface area contributed by atoms with Crippen LogP contribution in [0.2, 0.25) is 0 Å². The van der Waals surface area contributed by atoms with E-state index in [2.05, 4.69) is 58.5 Å². The van der Waals surface area contributed by atoms with Gasteiger partial charge >= 0.3 is 5.97 Å². The molecule has 26 N–H and O–H groups in total. The van der Waals surface area contributed by atoms with Gasteiger partial charge in [-0.05, 0) is 122 Å². The molecule has 6 unspecified atom stereocenters. The van der Waals surface area contributed by atoms with E-state index in [1.807, 2.05) is 13.8 Å². The molecular weight excluding hydrogens is 1220 g/mol. The van der Waals surface area contributed by atoms with E-state index in [0.29, 0.717) is 12.3 Å². The SMILES string of the molecule is CCC(C)CCCC(=O)N[C@@H](CCN)C(=O)N[C@H](C(=O)N[C@@H](CCN)C(=O)N[C@H]1CCNC(=O)[C@H]([C@@H](C)OC2OC(C(=O)O)C(O)C(O)C2O)NC(=O)[C@H](CCN)NC(=O)[C@H](CCN)NC(=O)[C@H](CC(C)C)NC(=O)[C@@H](CC(C)C)NC(=O)[C@H](CCN)NC1=O)[C@@H](C)O. The maximum Gasteiger partial charge on any atom is 0.335 e. The Morgan fingerprint density at radius 2 is 1.03 bits per heavy atom. The molecule has 2 fully saturated rings. The minimum atomic E-state index is -2.18. The number of amides is 11. The van der Waals surface area contributed by atoms with Crippen molar-refractivity contribution in [2.45, 2.75) is 236 Å². The monoisotopic (exact) mass is 1330 g/mol. The average molecular weight is 1330 g/mol. The van der Waals surface area contributed by atoms with E-state index in [0.717, 1.165) is 19.8 Å². The topological polar surface area (TPSA) is 587 Å². The zero-order valence-corrected chi connectivity index (χ0v) is 54.6. The van der Waals surface area contributed by atoms with Gasteiger partial charge in [-0.3, -0.25) is 52.7 Å². The molecule has 2 saturated heterocycles. The molecule has 0 bridgehead atoms. The highest BCUT2D eigenvalue weighted by Crippen LogP contribution is 2.24. The van der Waals surface area contributed by atoms with E-state index in [1.54, 1.807) is 27.7 Å². The van der Waals surface area contributed by atoms with E-state index >= 15 is 0 Å². The standard InChI is InChI=1S/C58H106N16O19/c1-9-29(6)11-10-12-40(76)65-32(13-19-59)51(84)73-41(30(7)75)56(89)70-35(16-22-62)48(81)69-37-18-24-64-55(88)42(31(8)92-58-45(79)43(77)44(78)46(93-58)57(90)91)74-52(85)36(17-23-63)67-47(80)33(14-20-60)68-53(86)38(25-27(2)3)72-54(87)39(26-28(4)5)71-49(82)34(15-21-61)66-50(37)83/h27-39,41-46,58,75,77-79H,9-26,59-63H2,1-8H3,(H,64,88)(H,65,76)(H,66,83)(H,67,80)(H,68,86)(H,69,81)(H,70,89)(H,71,82)(H,72,87)(H,73,84)(H,74,85)(H,90,91)/t29?,30-,31-,32+,33+,34+,35+,36+,37+,38+,39-,41+,42+,43?,44?,45?,46?,58?/m1/s1. The van der Waals surface area contributed by atoms with Gasteiger partial charge in [0.1, 0.15) is 78.7 Å². The predicted molar refractivity (Wildman–Crippen MR) is 334 cm³/mol. The second-order valence-electron chi connectivity index (χ2n) is 24.5. The molecule has 0 aromatic heterocycles. The highest BCUT2D eigenvalue weighted by atomic mass is 16.7. The quantitative estimate of drug-likeness (QED) is 0.0307. The van der Waals surface area contributed by atoms with E-state index in [-0.39, 0.29) is 95.9 Å². The lowest BCUT2D eigenvalue weighted by Gasteiger charge is -2.40. The fourth-order valence-electron chi connectivity index (χ4n) is 10.0. The molecule has 0 aliphatic carbocycles. The van der Waals surface area contributed by atoms with Gasteiger partial charge in [-0.25, -0.2) is 4.79 Å². The van der Waals surface area contributed by atoms with Gasteiger partial charge in [0.05, 0.1) is 12.2 Å². The van der Waals surface area contributed by atoms with E-state index in [4.69, 9.17) is 38.1 Å². The van der Waals surface area contributed by atoms with Gasteiger partial charge in [0.15, 0.2) is 12.4 Å². The lowest BCUT2D eigenvalue weighted by molar-refractivity contribution is -0.304. The maximum atomic E-state index is 14.7. The zero-order valence-electron chi connectivity index (χ0n) is 54.6. The van der Waals surface area contributed by atoms with Gasteiger partial charge in [-0.15, -0.1) is 0 Å². The summed E-state index contributed by atoms with van der Waals surface area (Å²) in [5, 5.41) is 80.1. The third-order valence-corrected chi connectivity index (χ3v) is 15.6. The Morgan fingerprint density at radius 3 is 1.48 bits per heavy atom. The van der Waals surface area contributed by atoms with Crippen molar-refractivity contribution in [2.24, 2.45) is 46.4 Å². The van der Waals surface area contributed by atoms with Gasteiger partial charge in [0.25, 0.3) is 0 Å². The smallest absolute Gasteiger partial charge is 0.335 e. The molecule has 2 rings (SSSR count). The molecule has 93 heavy (non-hydrogen) atoms. The molecule has 35 heteroatoms. The molecule has 0 aromatic carbocycles. The summed E-state index contributed by atoms with van der Waals surface area (Å²) in [6, 6.07) is -15.7. The van der Waals surface area contributed by atoms with Gasteiger partial charge in [0, 0.05) is 13.0 Å². The van der Waals surface area contributed by atoms with Crippen LogP contribution < -0.4 is 87.2 Å². The fraction of sp³-hybridized carbons (Fsp3) is 0.793. The number of nitrogens with one attached hydrogen (secondary N) is 11. The van der Waals surface area contributed by atoms with E-state index in [9.17, 15) is 83.1 Å². The number of ether oxygens (including phenoxy) is 2. The number of carboxylic acid groups (broad SMARTS) is 1. The lowest BCUT2D eigenvalue weighted by atomic mass is 9.99. The summed E-state index contributed by atoms with van der Waals surface area (Å²) < 4.78 is 11.1. The van der Waals surface area contributed by atoms with Crippen LogP contribution in [0.4, 0.5) is 0 Å². The third-order valence-electron chi connectivity index (χ3n) is 15.6.